The molecule has 0 saturated heterocycles. The van der Waals surface area contributed by atoms with Gasteiger partial charge in [0.05, 0.1) is 12.3 Å². The molecule has 0 saturated carbocycles. The number of benzene rings is 2. The Balaban J connectivity index is 1.90. The molecular formula is C25H26N4O5S. The molecule has 1 aromatic heterocycles. The highest BCUT2D eigenvalue weighted by atomic mass is 32.2. The third-order valence-corrected chi connectivity index (χ3v) is 5.87. The van der Waals surface area contributed by atoms with Crippen LogP contribution in [0.5, 0.6) is 17.4 Å². The van der Waals surface area contributed by atoms with Crippen molar-refractivity contribution in [2.24, 2.45) is 0 Å². The van der Waals surface area contributed by atoms with E-state index in [-0.39, 0.29) is 30.6 Å². The van der Waals surface area contributed by atoms with Gasteiger partial charge in [-0.1, -0.05) is 43.8 Å². The summed E-state index contributed by atoms with van der Waals surface area (Å²) in [6.45, 7) is 5.72. The summed E-state index contributed by atoms with van der Waals surface area (Å²) in [7, 11) is 0. The van der Waals surface area contributed by atoms with Crippen molar-refractivity contribution < 1.29 is 23.8 Å². The molecule has 4 rings (SSSR count). The van der Waals surface area contributed by atoms with E-state index in [0.717, 1.165) is 0 Å². The van der Waals surface area contributed by atoms with E-state index in [1.165, 1.54) is 11.8 Å². The van der Waals surface area contributed by atoms with E-state index in [9.17, 15) is 9.59 Å². The van der Waals surface area contributed by atoms with Crippen LogP contribution in [0.4, 0.5) is 5.69 Å². The number of rotatable bonds is 7. The Hall–Kier alpha value is -3.66. The number of nitrogens with zero attached hydrogens (tertiary/aromatic N) is 4. The van der Waals surface area contributed by atoms with Gasteiger partial charge >= 0.3 is 5.97 Å². The monoisotopic (exact) mass is 494 g/mol. The third kappa shape index (κ3) is 4.93. The van der Waals surface area contributed by atoms with Gasteiger partial charge in [0.25, 0.3) is 0 Å². The summed E-state index contributed by atoms with van der Waals surface area (Å²) >= 11 is 1.34. The normalized spacial score (nSPS) is 14.3. The Morgan fingerprint density at radius 1 is 1.06 bits per heavy atom. The molecule has 0 N–H and O–H groups in total. The predicted molar refractivity (Wildman–Crippen MR) is 132 cm³/mol. The van der Waals surface area contributed by atoms with Gasteiger partial charge in [-0.25, -0.2) is 0 Å². The lowest BCUT2D eigenvalue weighted by molar-refractivity contribution is -0.134. The highest BCUT2D eigenvalue weighted by Crippen LogP contribution is 2.44. The molecule has 10 heteroatoms. The molecule has 1 aliphatic heterocycles. The minimum absolute atomic E-state index is 0.146. The van der Waals surface area contributed by atoms with Gasteiger partial charge in [0.2, 0.25) is 23.2 Å². The van der Waals surface area contributed by atoms with Crippen LogP contribution in [0, 0.1) is 0 Å². The van der Waals surface area contributed by atoms with Crippen molar-refractivity contribution in [2.45, 2.75) is 45.0 Å². The SMILES string of the molecule is CCOc1cc([C@H]2Oc3nc(SC)nnc3-c3ccccc3N2C(=O)CC)ccc1OC(=O)CC. The van der Waals surface area contributed by atoms with Crippen LogP contribution >= 0.6 is 11.8 Å². The Morgan fingerprint density at radius 2 is 1.86 bits per heavy atom. The molecule has 3 aromatic rings. The average molecular weight is 495 g/mol. The second kappa shape index (κ2) is 10.7. The molecule has 2 aromatic carbocycles. The molecule has 0 spiro atoms. The fourth-order valence-electron chi connectivity index (χ4n) is 3.68. The third-order valence-electron chi connectivity index (χ3n) is 5.33. The zero-order valence-electron chi connectivity index (χ0n) is 20.0. The van der Waals surface area contributed by atoms with Crippen molar-refractivity contribution in [2.75, 3.05) is 17.8 Å². The van der Waals surface area contributed by atoms with E-state index in [2.05, 4.69) is 15.2 Å². The molecule has 35 heavy (non-hydrogen) atoms. The van der Waals surface area contributed by atoms with E-state index in [1.54, 1.807) is 36.9 Å². The lowest BCUT2D eigenvalue weighted by atomic mass is 10.1. The van der Waals surface area contributed by atoms with Crippen molar-refractivity contribution in [3.63, 3.8) is 0 Å². The lowest BCUT2D eigenvalue weighted by Crippen LogP contribution is -2.37. The smallest absolute Gasteiger partial charge is 0.311 e. The number of carbonyl (C=O) groups excluding carboxylic acids is 2. The second-order valence-electron chi connectivity index (χ2n) is 7.52. The summed E-state index contributed by atoms with van der Waals surface area (Å²) < 4.78 is 17.6. The molecule has 2 heterocycles. The maximum atomic E-state index is 13.3. The van der Waals surface area contributed by atoms with E-state index in [0.29, 0.717) is 45.8 Å². The van der Waals surface area contributed by atoms with Crippen LogP contribution in [0.2, 0.25) is 0 Å². The summed E-state index contributed by atoms with van der Waals surface area (Å²) in [6.07, 6.45) is 1.47. The topological polar surface area (TPSA) is 104 Å². The predicted octanol–water partition coefficient (Wildman–Crippen LogP) is 4.81. The molecule has 1 amide bonds. The molecule has 0 bridgehead atoms. The molecule has 1 aliphatic rings. The maximum Gasteiger partial charge on any atom is 0.311 e. The van der Waals surface area contributed by atoms with Gasteiger partial charge in [-0.15, -0.1) is 10.2 Å². The number of esters is 1. The van der Waals surface area contributed by atoms with Crippen molar-refractivity contribution >= 4 is 29.3 Å². The van der Waals surface area contributed by atoms with Gasteiger partial charge in [0.1, 0.15) is 0 Å². The van der Waals surface area contributed by atoms with Crippen LogP contribution < -0.4 is 19.1 Å². The lowest BCUT2D eigenvalue weighted by Gasteiger charge is -2.31. The molecule has 0 fully saturated rings. The van der Waals surface area contributed by atoms with Crippen LogP contribution in [0.1, 0.15) is 45.4 Å². The first-order valence-corrected chi connectivity index (χ1v) is 12.6. The number of anilines is 1. The Bertz CT molecular complexity index is 1250. The number of ether oxygens (including phenoxy) is 3. The summed E-state index contributed by atoms with van der Waals surface area (Å²) in [6, 6.07) is 12.6. The van der Waals surface area contributed by atoms with E-state index >= 15 is 0 Å². The zero-order valence-corrected chi connectivity index (χ0v) is 20.8. The highest BCUT2D eigenvalue weighted by Gasteiger charge is 2.35. The number of hydrogen-bond acceptors (Lipinski definition) is 9. The van der Waals surface area contributed by atoms with Crippen LogP contribution in [0.3, 0.4) is 0 Å². The highest BCUT2D eigenvalue weighted by molar-refractivity contribution is 7.98. The van der Waals surface area contributed by atoms with Crippen molar-refractivity contribution in [3.8, 4) is 28.6 Å². The Morgan fingerprint density at radius 3 is 2.57 bits per heavy atom. The number of amides is 1. The van der Waals surface area contributed by atoms with Crippen molar-refractivity contribution in [1.29, 1.82) is 0 Å². The van der Waals surface area contributed by atoms with Gasteiger partial charge in [0, 0.05) is 24.0 Å². The Labute approximate surface area is 207 Å². The second-order valence-corrected chi connectivity index (χ2v) is 8.30. The first-order valence-electron chi connectivity index (χ1n) is 11.3. The maximum absolute atomic E-state index is 13.3. The van der Waals surface area contributed by atoms with Crippen LogP contribution in [0.25, 0.3) is 11.3 Å². The Kier molecular flexibility index (Phi) is 7.50. The molecule has 9 nitrogen and oxygen atoms in total. The zero-order chi connectivity index (χ0) is 24.9. The van der Waals surface area contributed by atoms with Gasteiger partial charge < -0.3 is 14.2 Å². The van der Waals surface area contributed by atoms with E-state index in [1.807, 2.05) is 37.4 Å². The number of aromatic nitrogens is 3. The number of fused-ring (bicyclic) bond motifs is 3. The molecule has 1 atom stereocenters. The molecule has 182 valence electrons. The standard InChI is InChI=1S/C25H26N4O5S/c1-5-20(30)29-17-11-9-8-10-16(17)22-23(26-25(35-4)28-27-22)34-24(29)15-12-13-18(33-21(31)6-2)19(14-15)32-7-3/h8-14,24H,5-7H2,1-4H3/t24-/m1/s1. The van der Waals surface area contributed by atoms with Crippen LogP contribution in [0.15, 0.2) is 47.6 Å². The first kappa shape index (κ1) is 24.5. The summed E-state index contributed by atoms with van der Waals surface area (Å²) in [5.41, 5.74) is 2.40. The molecule has 0 unspecified atom stereocenters. The fraction of sp³-hybridized carbons (Fsp3) is 0.320. The minimum atomic E-state index is -0.869. The van der Waals surface area contributed by atoms with Crippen molar-refractivity contribution in [3.05, 3.63) is 48.0 Å². The summed E-state index contributed by atoms with van der Waals surface area (Å²) in [5, 5.41) is 8.99. The molecule has 0 aliphatic carbocycles. The van der Waals surface area contributed by atoms with E-state index in [4.69, 9.17) is 14.2 Å². The minimum Gasteiger partial charge on any atom is -0.490 e. The van der Waals surface area contributed by atoms with Gasteiger partial charge in [-0.05, 0) is 37.4 Å². The number of para-hydroxylation sites is 1. The van der Waals surface area contributed by atoms with Crippen LogP contribution in [-0.4, -0.2) is 39.9 Å². The van der Waals surface area contributed by atoms with E-state index < -0.39 is 6.23 Å². The molecule has 0 radical (unpaired) electrons. The number of carbonyl (C=O) groups is 2. The first-order chi connectivity index (χ1) is 17.0. The largest absolute Gasteiger partial charge is 0.490 e. The fourth-order valence-corrected chi connectivity index (χ4v) is 3.98. The van der Waals surface area contributed by atoms with Crippen LogP contribution in [-0.2, 0) is 9.59 Å². The number of hydrogen-bond donors (Lipinski definition) is 0. The quantitative estimate of drug-likeness (QED) is 0.260. The average Bonchev–Trinajstić information content (AvgIpc) is 3.03. The van der Waals surface area contributed by atoms with Gasteiger partial charge in [-0.3, -0.25) is 14.5 Å². The van der Waals surface area contributed by atoms with Gasteiger partial charge in [0.15, 0.2) is 17.2 Å². The summed E-state index contributed by atoms with van der Waals surface area (Å²) in [5.74, 6) is 0.435. The van der Waals surface area contributed by atoms with Crippen molar-refractivity contribution in [1.82, 2.24) is 15.2 Å². The summed E-state index contributed by atoms with van der Waals surface area (Å²) in [4.78, 5) is 31.3. The molecular weight excluding hydrogens is 468 g/mol. The number of thioether (sulfide) groups is 1. The van der Waals surface area contributed by atoms with Gasteiger partial charge in [-0.2, -0.15) is 4.98 Å².